The van der Waals surface area contributed by atoms with Gasteiger partial charge in [-0.05, 0) is 44.9 Å². The molecule has 0 amide bonds. The summed E-state index contributed by atoms with van der Waals surface area (Å²) in [6.07, 6.45) is 4.27. The van der Waals surface area contributed by atoms with Crippen molar-refractivity contribution < 1.29 is 14.3 Å². The summed E-state index contributed by atoms with van der Waals surface area (Å²) >= 11 is 0. The van der Waals surface area contributed by atoms with Crippen molar-refractivity contribution in [1.82, 2.24) is 4.57 Å². The van der Waals surface area contributed by atoms with Crippen LogP contribution in [0.4, 0.5) is 5.69 Å². The Kier molecular flexibility index (Phi) is 4.31. The van der Waals surface area contributed by atoms with Gasteiger partial charge in [0.05, 0.1) is 18.2 Å². The highest BCUT2D eigenvalue weighted by Crippen LogP contribution is 2.40. The van der Waals surface area contributed by atoms with Crippen molar-refractivity contribution in [2.24, 2.45) is 0 Å². The lowest BCUT2D eigenvalue weighted by atomic mass is 10.1. The topological polar surface area (TPSA) is 43.7 Å². The number of anilines is 1. The quantitative estimate of drug-likeness (QED) is 0.603. The minimum Gasteiger partial charge on any atom is -0.465 e. The van der Waals surface area contributed by atoms with Crippen LogP contribution in [0.25, 0.3) is 10.9 Å². The van der Waals surface area contributed by atoms with E-state index in [9.17, 15) is 4.79 Å². The number of ether oxygens (including phenoxy) is 2. The van der Waals surface area contributed by atoms with Crippen LogP contribution in [0.2, 0.25) is 0 Å². The van der Waals surface area contributed by atoms with Crippen LogP contribution in [0.1, 0.15) is 43.1 Å². The smallest absolute Gasteiger partial charge is 0.340 e. The number of methoxy groups -OCH3 is 2. The Balaban J connectivity index is 2.11. The lowest BCUT2D eigenvalue weighted by Crippen LogP contribution is -2.34. The Morgan fingerprint density at radius 3 is 2.70 bits per heavy atom. The molecule has 1 heterocycles. The van der Waals surface area contributed by atoms with Crippen LogP contribution in [-0.4, -0.2) is 37.5 Å². The molecule has 0 N–H and O–H groups in total. The molecule has 5 heteroatoms. The molecule has 1 fully saturated rings. The minimum atomic E-state index is -0.278. The molecule has 1 saturated carbocycles. The molecule has 1 atom stereocenters. The third-order valence-corrected chi connectivity index (χ3v) is 4.62. The number of aromatic nitrogens is 1. The molecule has 0 radical (unpaired) electrons. The molecule has 1 aromatic carbocycles. The molecule has 1 unspecified atom stereocenters. The van der Waals surface area contributed by atoms with Crippen LogP contribution < -0.4 is 4.90 Å². The van der Waals surface area contributed by atoms with Gasteiger partial charge in [0.25, 0.3) is 0 Å². The zero-order valence-corrected chi connectivity index (χ0v) is 14.2. The molecule has 0 bridgehead atoms. The first-order chi connectivity index (χ1) is 11.1. The molecular formula is C18H24N2O3. The second kappa shape index (κ2) is 6.24. The summed E-state index contributed by atoms with van der Waals surface area (Å²) in [5.74, 6) is -0.278. The monoisotopic (exact) mass is 316 g/mol. The summed E-state index contributed by atoms with van der Waals surface area (Å²) in [5.41, 5.74) is 2.83. The summed E-state index contributed by atoms with van der Waals surface area (Å²) in [6.45, 7) is 5.00. The van der Waals surface area contributed by atoms with Crippen LogP contribution in [0.15, 0.2) is 24.4 Å². The van der Waals surface area contributed by atoms with E-state index >= 15 is 0 Å². The molecule has 0 aliphatic heterocycles. The van der Waals surface area contributed by atoms with Crippen LogP contribution >= 0.6 is 0 Å². The average molecular weight is 316 g/mol. The maximum Gasteiger partial charge on any atom is 0.340 e. The number of benzene rings is 1. The number of fused-ring (bicyclic) bond motifs is 1. The van der Waals surface area contributed by atoms with Gasteiger partial charge in [-0.3, -0.25) is 0 Å². The van der Waals surface area contributed by atoms with E-state index in [0.717, 1.165) is 23.1 Å². The second-order valence-electron chi connectivity index (χ2n) is 6.00. The van der Waals surface area contributed by atoms with Gasteiger partial charge in [-0.15, -0.1) is 0 Å². The molecule has 23 heavy (non-hydrogen) atoms. The maximum absolute atomic E-state index is 12.0. The van der Waals surface area contributed by atoms with Gasteiger partial charge >= 0.3 is 5.97 Å². The lowest BCUT2D eigenvalue weighted by Gasteiger charge is -2.29. The molecule has 124 valence electrons. The second-order valence-corrected chi connectivity index (χ2v) is 6.00. The van der Waals surface area contributed by atoms with E-state index in [0.29, 0.717) is 11.6 Å². The molecule has 1 aliphatic rings. The summed E-state index contributed by atoms with van der Waals surface area (Å²) in [5, 5.41) is 0.952. The van der Waals surface area contributed by atoms with Gasteiger partial charge in [-0.2, -0.15) is 0 Å². The molecule has 5 nitrogen and oxygen atoms in total. The third kappa shape index (κ3) is 2.81. The number of hydrogen-bond donors (Lipinski definition) is 0. The van der Waals surface area contributed by atoms with E-state index < -0.39 is 0 Å². The van der Waals surface area contributed by atoms with Crippen molar-refractivity contribution in [2.45, 2.75) is 39.0 Å². The molecule has 1 aliphatic carbocycles. The Hall–Kier alpha value is -2.01. The molecule has 2 aromatic rings. The molecular weight excluding hydrogens is 292 g/mol. The summed E-state index contributed by atoms with van der Waals surface area (Å²) in [6, 6.07) is 6.71. The standard InChI is InChI=1S/C18H24N2O3/c1-5-19(12(2)22-3)14-8-9-15-16(18(21)23-4)11-20(13-6-7-13)17(15)10-14/h8-13H,5-7H2,1-4H3. The third-order valence-electron chi connectivity index (χ3n) is 4.62. The van der Waals surface area contributed by atoms with Crippen molar-refractivity contribution in [3.05, 3.63) is 30.0 Å². The zero-order valence-electron chi connectivity index (χ0n) is 14.2. The van der Waals surface area contributed by atoms with E-state index in [-0.39, 0.29) is 12.2 Å². The van der Waals surface area contributed by atoms with Crippen LogP contribution in [0.5, 0.6) is 0 Å². The van der Waals surface area contributed by atoms with Gasteiger partial charge in [0.1, 0.15) is 6.23 Å². The van der Waals surface area contributed by atoms with Crippen LogP contribution in [0, 0.1) is 0 Å². The van der Waals surface area contributed by atoms with Gasteiger partial charge in [0.15, 0.2) is 0 Å². The van der Waals surface area contributed by atoms with Crippen molar-refractivity contribution in [3.63, 3.8) is 0 Å². The number of esters is 1. The number of rotatable bonds is 6. The highest BCUT2D eigenvalue weighted by atomic mass is 16.5. The largest absolute Gasteiger partial charge is 0.465 e. The van der Waals surface area contributed by atoms with Crippen LogP contribution in [-0.2, 0) is 9.47 Å². The van der Waals surface area contributed by atoms with E-state index in [1.54, 1.807) is 7.11 Å². The first-order valence-corrected chi connectivity index (χ1v) is 8.13. The summed E-state index contributed by atoms with van der Waals surface area (Å²) < 4.78 is 12.6. The first kappa shape index (κ1) is 15.9. The number of carbonyl (C=O) groups excluding carboxylic acids is 1. The van der Waals surface area contributed by atoms with Gasteiger partial charge < -0.3 is 18.9 Å². The lowest BCUT2D eigenvalue weighted by molar-refractivity contribution is 0.0602. The van der Waals surface area contributed by atoms with Gasteiger partial charge in [-0.25, -0.2) is 4.79 Å². The van der Waals surface area contributed by atoms with E-state index in [1.807, 2.05) is 25.3 Å². The number of carbonyl (C=O) groups is 1. The van der Waals surface area contributed by atoms with Crippen molar-refractivity contribution in [1.29, 1.82) is 0 Å². The average Bonchev–Trinajstić information content (AvgIpc) is 3.35. The van der Waals surface area contributed by atoms with Crippen molar-refractivity contribution in [2.75, 3.05) is 25.7 Å². The predicted molar refractivity (Wildman–Crippen MR) is 91.0 cm³/mol. The van der Waals surface area contributed by atoms with Gasteiger partial charge in [-0.1, -0.05) is 0 Å². The Morgan fingerprint density at radius 2 is 2.13 bits per heavy atom. The van der Waals surface area contributed by atoms with Gasteiger partial charge in [0.2, 0.25) is 0 Å². The Bertz CT molecular complexity index is 718. The number of nitrogens with zero attached hydrogens (tertiary/aromatic N) is 2. The van der Waals surface area contributed by atoms with E-state index in [1.165, 1.54) is 20.0 Å². The van der Waals surface area contributed by atoms with Crippen molar-refractivity contribution >= 4 is 22.6 Å². The summed E-state index contributed by atoms with van der Waals surface area (Å²) in [4.78, 5) is 14.2. The van der Waals surface area contributed by atoms with Crippen LogP contribution in [0.3, 0.4) is 0 Å². The highest BCUT2D eigenvalue weighted by molar-refractivity contribution is 6.05. The number of hydrogen-bond acceptors (Lipinski definition) is 4. The van der Waals surface area contributed by atoms with E-state index in [4.69, 9.17) is 9.47 Å². The fourth-order valence-corrected chi connectivity index (χ4v) is 3.12. The maximum atomic E-state index is 12.0. The molecule has 1 aromatic heterocycles. The zero-order chi connectivity index (χ0) is 16.6. The fraction of sp³-hybridized carbons (Fsp3) is 0.500. The molecule has 3 rings (SSSR count). The minimum absolute atomic E-state index is 0.00173. The van der Waals surface area contributed by atoms with Gasteiger partial charge in [0, 0.05) is 37.0 Å². The summed E-state index contributed by atoms with van der Waals surface area (Å²) in [7, 11) is 3.14. The van der Waals surface area contributed by atoms with Crippen molar-refractivity contribution in [3.8, 4) is 0 Å². The Morgan fingerprint density at radius 1 is 1.39 bits per heavy atom. The fourth-order valence-electron chi connectivity index (χ4n) is 3.12. The Labute approximate surface area is 136 Å². The van der Waals surface area contributed by atoms with E-state index in [2.05, 4.69) is 22.5 Å². The molecule has 0 spiro atoms. The first-order valence-electron chi connectivity index (χ1n) is 8.13. The normalized spacial score (nSPS) is 15.7. The molecule has 0 saturated heterocycles. The highest BCUT2D eigenvalue weighted by Gasteiger charge is 2.28. The predicted octanol–water partition coefficient (Wildman–Crippen LogP) is 3.58. The SMILES string of the molecule is CCN(c1ccc2c(C(=O)OC)cn(C3CC3)c2c1)C(C)OC.